The molecule has 3 aromatic rings. The maximum absolute atomic E-state index is 13.1. The van der Waals surface area contributed by atoms with Gasteiger partial charge in [0.2, 0.25) is 0 Å². The molecule has 26 heavy (non-hydrogen) atoms. The van der Waals surface area contributed by atoms with Gasteiger partial charge in [-0.15, -0.1) is 10.2 Å². The van der Waals surface area contributed by atoms with Crippen LogP contribution in [0.1, 0.15) is 12.7 Å². The van der Waals surface area contributed by atoms with Gasteiger partial charge in [0.1, 0.15) is 23.0 Å². The Bertz CT molecular complexity index is 1070. The van der Waals surface area contributed by atoms with Gasteiger partial charge in [0.05, 0.1) is 18.4 Å². The molecular formula is C17H17N5O3S. The molecule has 8 nitrogen and oxygen atoms in total. The number of aryl methyl sites for hydroxylation is 1. The van der Waals surface area contributed by atoms with E-state index >= 15 is 0 Å². The highest BCUT2D eigenvalue weighted by molar-refractivity contribution is 7.92. The van der Waals surface area contributed by atoms with Crippen molar-refractivity contribution in [1.29, 1.82) is 5.26 Å². The van der Waals surface area contributed by atoms with E-state index in [0.29, 0.717) is 29.5 Å². The highest BCUT2D eigenvalue weighted by Gasteiger charge is 2.25. The Balaban J connectivity index is 2.04. The fourth-order valence-corrected chi connectivity index (χ4v) is 3.88. The second-order valence-corrected chi connectivity index (χ2v) is 7.30. The lowest BCUT2D eigenvalue weighted by molar-refractivity contribution is 0.340. The third kappa shape index (κ3) is 3.19. The molecule has 134 valence electrons. The van der Waals surface area contributed by atoms with Crippen LogP contribution in [-0.2, 0) is 10.0 Å². The van der Waals surface area contributed by atoms with Crippen LogP contribution in [0.3, 0.4) is 0 Å². The third-order valence-electron chi connectivity index (χ3n) is 3.78. The molecule has 0 aliphatic carbocycles. The second-order valence-electron chi connectivity index (χ2n) is 5.44. The van der Waals surface area contributed by atoms with Crippen LogP contribution in [0.25, 0.3) is 5.65 Å². The fourth-order valence-electron chi connectivity index (χ4n) is 2.52. The summed E-state index contributed by atoms with van der Waals surface area (Å²) in [6.07, 6.45) is 1.46. The lowest BCUT2D eigenvalue weighted by Gasteiger charge is -2.22. The zero-order valence-electron chi connectivity index (χ0n) is 14.3. The lowest BCUT2D eigenvalue weighted by atomic mass is 10.3. The van der Waals surface area contributed by atoms with E-state index in [0.717, 1.165) is 4.31 Å². The van der Waals surface area contributed by atoms with Gasteiger partial charge >= 0.3 is 0 Å². The van der Waals surface area contributed by atoms with Gasteiger partial charge in [-0.2, -0.15) is 5.26 Å². The number of sulfonamides is 1. The number of anilines is 1. The zero-order chi connectivity index (χ0) is 18.7. The maximum atomic E-state index is 13.1. The summed E-state index contributed by atoms with van der Waals surface area (Å²) in [5.41, 5.74) is 0.935. The van der Waals surface area contributed by atoms with Crippen molar-refractivity contribution in [3.8, 4) is 11.8 Å². The van der Waals surface area contributed by atoms with Crippen molar-refractivity contribution in [2.75, 3.05) is 17.5 Å². The molecule has 0 amide bonds. The smallest absolute Gasteiger partial charge is 0.266 e. The van der Waals surface area contributed by atoms with Crippen LogP contribution in [0.5, 0.6) is 5.75 Å². The molecule has 0 unspecified atom stereocenters. The van der Waals surface area contributed by atoms with E-state index in [1.165, 1.54) is 12.3 Å². The molecule has 0 fully saturated rings. The first-order valence-corrected chi connectivity index (χ1v) is 9.35. The number of hydrogen-bond acceptors (Lipinski definition) is 6. The number of fused-ring (bicyclic) bond motifs is 1. The molecule has 2 heterocycles. The molecular weight excluding hydrogens is 354 g/mol. The van der Waals surface area contributed by atoms with E-state index in [-0.39, 0.29) is 11.4 Å². The average Bonchev–Trinajstić information content (AvgIpc) is 3.01. The number of nitriles is 1. The second kappa shape index (κ2) is 7.01. The van der Waals surface area contributed by atoms with Crippen LogP contribution in [-0.4, -0.2) is 36.2 Å². The van der Waals surface area contributed by atoms with Crippen molar-refractivity contribution in [3.05, 3.63) is 48.4 Å². The van der Waals surface area contributed by atoms with E-state index in [9.17, 15) is 8.42 Å². The minimum atomic E-state index is -3.93. The number of nitrogens with zero attached hydrogens (tertiary/aromatic N) is 5. The largest absolute Gasteiger partial charge is 0.494 e. The molecule has 0 N–H and O–H groups in total. The van der Waals surface area contributed by atoms with Gasteiger partial charge in [-0.25, -0.2) is 8.42 Å². The van der Waals surface area contributed by atoms with Gasteiger partial charge < -0.3 is 4.74 Å². The minimum absolute atomic E-state index is 0.0528. The monoisotopic (exact) mass is 371 g/mol. The van der Waals surface area contributed by atoms with Crippen molar-refractivity contribution in [2.45, 2.75) is 18.7 Å². The van der Waals surface area contributed by atoms with Crippen molar-refractivity contribution < 1.29 is 13.2 Å². The quantitative estimate of drug-likeness (QED) is 0.616. The van der Waals surface area contributed by atoms with Crippen LogP contribution < -0.4 is 9.04 Å². The van der Waals surface area contributed by atoms with Crippen molar-refractivity contribution in [1.82, 2.24) is 14.6 Å². The van der Waals surface area contributed by atoms with Gasteiger partial charge in [-0.3, -0.25) is 8.71 Å². The number of pyridine rings is 1. The molecule has 9 heteroatoms. The minimum Gasteiger partial charge on any atom is -0.494 e. The Morgan fingerprint density at radius 3 is 2.58 bits per heavy atom. The van der Waals surface area contributed by atoms with E-state index in [1.807, 2.05) is 13.0 Å². The number of benzene rings is 1. The van der Waals surface area contributed by atoms with Crippen LogP contribution in [0.15, 0.2) is 47.5 Å². The van der Waals surface area contributed by atoms with E-state index in [2.05, 4.69) is 10.2 Å². The Labute approximate surface area is 151 Å². The first-order valence-electron chi connectivity index (χ1n) is 7.91. The van der Waals surface area contributed by atoms with Crippen LogP contribution in [0, 0.1) is 18.3 Å². The van der Waals surface area contributed by atoms with Gasteiger partial charge in [0.15, 0.2) is 5.65 Å². The number of hydrogen-bond donors (Lipinski definition) is 0. The van der Waals surface area contributed by atoms with E-state index in [1.54, 1.807) is 41.7 Å². The summed E-state index contributed by atoms with van der Waals surface area (Å²) in [5.74, 6) is 1.21. The van der Waals surface area contributed by atoms with Gasteiger partial charge in [0, 0.05) is 6.20 Å². The summed E-state index contributed by atoms with van der Waals surface area (Å²) >= 11 is 0. The highest BCUT2D eigenvalue weighted by Crippen LogP contribution is 2.26. The van der Waals surface area contributed by atoms with Crippen LogP contribution in [0.2, 0.25) is 0 Å². The predicted molar refractivity (Wildman–Crippen MR) is 95.5 cm³/mol. The molecule has 3 rings (SSSR count). The van der Waals surface area contributed by atoms with E-state index in [4.69, 9.17) is 10.00 Å². The van der Waals surface area contributed by atoms with Gasteiger partial charge in [0.25, 0.3) is 10.0 Å². The molecule has 0 aliphatic rings. The summed E-state index contributed by atoms with van der Waals surface area (Å²) in [6.45, 7) is 3.80. The fraction of sp³-hybridized carbons (Fsp3) is 0.235. The zero-order valence-corrected chi connectivity index (χ0v) is 15.1. The van der Waals surface area contributed by atoms with Crippen molar-refractivity contribution in [3.63, 3.8) is 0 Å². The number of aromatic nitrogens is 3. The van der Waals surface area contributed by atoms with Crippen molar-refractivity contribution >= 4 is 21.4 Å². The van der Waals surface area contributed by atoms with Crippen LogP contribution >= 0.6 is 0 Å². The predicted octanol–water partition coefficient (Wildman–Crippen LogP) is 2.16. The maximum Gasteiger partial charge on any atom is 0.266 e. The first kappa shape index (κ1) is 17.7. The highest BCUT2D eigenvalue weighted by atomic mass is 32.2. The van der Waals surface area contributed by atoms with E-state index < -0.39 is 10.0 Å². The molecule has 0 saturated heterocycles. The molecule has 0 bridgehead atoms. The molecule has 2 aromatic heterocycles. The Kier molecular flexibility index (Phi) is 4.77. The molecule has 1 aromatic carbocycles. The summed E-state index contributed by atoms with van der Waals surface area (Å²) < 4.78 is 34.2. The topological polar surface area (TPSA) is 101 Å². The van der Waals surface area contributed by atoms with Crippen LogP contribution in [0.4, 0.5) is 5.69 Å². The molecule has 0 radical (unpaired) electrons. The summed E-state index contributed by atoms with van der Waals surface area (Å²) in [7, 11) is -3.93. The lowest BCUT2D eigenvalue weighted by Crippen LogP contribution is -2.31. The normalized spacial score (nSPS) is 11.3. The number of ether oxygens (including phenoxy) is 1. The molecule has 0 atom stereocenters. The third-order valence-corrected chi connectivity index (χ3v) is 5.54. The summed E-state index contributed by atoms with van der Waals surface area (Å²) in [4.78, 5) is 0.0528. The Morgan fingerprint density at radius 2 is 1.92 bits per heavy atom. The Morgan fingerprint density at radius 1 is 1.19 bits per heavy atom. The van der Waals surface area contributed by atoms with Gasteiger partial charge in [-0.05, 0) is 50.2 Å². The summed E-state index contributed by atoms with van der Waals surface area (Å²) in [5, 5.41) is 17.0. The standard InChI is InChI=1S/C17H17N5O3S/c1-3-25-15-6-4-14(5-7-15)22(11-10-18)26(23,24)16-8-9-17-20-19-13(2)21(17)12-16/h4-9,12H,3,11H2,1-2H3. The number of rotatable bonds is 6. The van der Waals surface area contributed by atoms with Gasteiger partial charge in [-0.1, -0.05) is 0 Å². The molecule has 0 saturated carbocycles. The Hall–Kier alpha value is -3.12. The molecule has 0 spiro atoms. The molecule has 0 aliphatic heterocycles. The first-order chi connectivity index (χ1) is 12.5. The summed E-state index contributed by atoms with van der Waals surface area (Å²) in [6, 6.07) is 11.5. The van der Waals surface area contributed by atoms with Crippen molar-refractivity contribution in [2.24, 2.45) is 0 Å². The average molecular weight is 371 g/mol. The SMILES string of the molecule is CCOc1ccc(N(CC#N)S(=O)(=O)c2ccc3nnc(C)n3c2)cc1.